The molecule has 0 spiro atoms. The van der Waals surface area contributed by atoms with Crippen molar-refractivity contribution < 1.29 is 134 Å². The zero-order valence-electron chi connectivity index (χ0n) is 80.7. The number of ether oxygens (including phenoxy) is 5. The third-order valence-corrected chi connectivity index (χ3v) is 8.50. The van der Waals surface area contributed by atoms with Crippen molar-refractivity contribution in [1.82, 2.24) is 5.31 Å². The van der Waals surface area contributed by atoms with E-state index in [-0.39, 0.29) is 0 Å². The molecule has 328 valence electrons. The third kappa shape index (κ3) is 7.29. The Morgan fingerprint density at radius 2 is 1.65 bits per heavy atom. The molecule has 15 heteroatoms. The molecule has 62 heavy (non-hydrogen) atoms. The maximum atomic E-state index is 17.7. The Morgan fingerprint density at radius 3 is 2.24 bits per heavy atom. The van der Waals surface area contributed by atoms with E-state index in [1.54, 1.807) is 0 Å². The minimum atomic E-state index is -7.39. The number of amides is 1. The van der Waals surface area contributed by atoms with Gasteiger partial charge in [0.25, 0.3) is 5.91 Å². The molecule has 3 aliphatic carbocycles. The van der Waals surface area contributed by atoms with Gasteiger partial charge in [0.15, 0.2) is 25.0 Å². The van der Waals surface area contributed by atoms with Crippen molar-refractivity contribution >= 4 is 35.6 Å². The van der Waals surface area contributed by atoms with E-state index in [1.807, 2.05) is 0 Å². The second kappa shape index (κ2) is 16.5. The third-order valence-electron chi connectivity index (χ3n) is 8.50. The molecular weight excluding hydrogens is 803 g/mol. The Morgan fingerprint density at radius 1 is 0.952 bits per heavy atom. The van der Waals surface area contributed by atoms with Gasteiger partial charge < -0.3 is 44.3 Å². The lowest BCUT2D eigenvalue weighted by Crippen LogP contribution is -2.82. The minimum Gasteiger partial charge on any atom is -0.456 e. The number of hydrogen-bond donors (Lipinski definition) is 4. The molecule has 1 heterocycles. The summed E-state index contributed by atoms with van der Waals surface area (Å²) in [5.41, 5.74) is -42.5. The molecule has 0 unspecified atom stereocenters. The first-order valence-corrected chi connectivity index (χ1v) is 16.1. The quantitative estimate of drug-likeness (QED) is 0.109. The fourth-order valence-corrected chi connectivity index (χ4v) is 5.84. The van der Waals surface area contributed by atoms with Crippen LogP contribution < -0.4 is 5.31 Å². The largest absolute Gasteiger partial charge is 0.456 e. The lowest BCUT2D eigenvalue weighted by Gasteiger charge is -2.67. The highest BCUT2D eigenvalue weighted by atomic mass is 16.6. The summed E-state index contributed by atoms with van der Waals surface area (Å²) in [7, 11) is 0. The zero-order valence-corrected chi connectivity index (χ0v) is 29.7. The number of carbonyl (C=O) groups excluding carboxylic acids is 6. The average Bonchev–Trinajstić information content (AvgIpc) is 0.588. The standard InChI is InChI=1S/C47H51NO14/c1-25-31(60-43(56)36(52)35(28-16-10-7-11-17-28)48-41(54)29-18-12-8-13-19-29)23-47(57)40(61-42(55)30-20-14-9-15-21-30)38-45(6,32(51)22-33-46(38,24-58-33)62-27(3)50)39(53)37(59-26(2)49)34(25)44(47,4)5/h7-21,31-33,35-38,40,51-52,57H,22-24H2,1-6H3,(H,48,54)/t31-,32-,33+,35-,36+,37+,38-,40-,45+,46-,47+/m0/s1/i1D3,2D3,3D3,4D3,5D3,6D3,7D,8D,9D,10D,11D,12D,13D,14D,15D,16D,17D,18D,19D,20D,21D,22D2,23D2,24D2,31D,32D,33D,35D,36D,37D,38D,40D,51D,52D,57D/hD. The molecule has 0 aromatic heterocycles. The van der Waals surface area contributed by atoms with Gasteiger partial charge in [-0.25, -0.2) is 9.59 Å². The number of fused-ring (bicyclic) bond motifs is 5. The summed E-state index contributed by atoms with van der Waals surface area (Å²) < 4.78 is 489. The number of nitrogens with one attached hydrogen (secondary N) is 1. The van der Waals surface area contributed by atoms with Gasteiger partial charge in [-0.05, 0) is 54.6 Å². The average molecular weight is 905 g/mol. The van der Waals surface area contributed by atoms with E-state index in [9.17, 15) is 48.8 Å². The summed E-state index contributed by atoms with van der Waals surface area (Å²) >= 11 is 0. The van der Waals surface area contributed by atoms with Crippen LogP contribution in [0.4, 0.5) is 0 Å². The molecule has 4 N–H and O–H groups in total. The summed E-state index contributed by atoms with van der Waals surface area (Å²) in [5, 5.41) is 11.6. The highest BCUT2D eigenvalue weighted by molar-refractivity contribution is 5.96. The number of benzene rings is 3. The number of ketones is 1. The molecule has 11 atom stereocenters. The predicted octanol–water partition coefficient (Wildman–Crippen LogP) is 3.74. The highest BCUT2D eigenvalue weighted by Gasteiger charge is 2.78. The van der Waals surface area contributed by atoms with Gasteiger partial charge in [-0.1, -0.05) is 80.2 Å². The molecule has 1 aliphatic heterocycles. The van der Waals surface area contributed by atoms with Crippen LogP contribution in [0.5, 0.6) is 0 Å². The van der Waals surface area contributed by atoms with Crippen LogP contribution in [0.25, 0.3) is 0 Å². The maximum Gasteiger partial charge on any atom is 0.338 e. The van der Waals surface area contributed by atoms with Crippen molar-refractivity contribution in [2.75, 3.05) is 6.56 Å². The summed E-state index contributed by atoms with van der Waals surface area (Å²) in [6, 6.07) is -33.5. The van der Waals surface area contributed by atoms with Gasteiger partial charge in [0.05, 0.1) is 68.4 Å². The molecule has 2 bridgehead atoms. The monoisotopic (exact) mass is 905 g/mol. The number of hydrogen-bond acceptors (Lipinski definition) is 14. The van der Waals surface area contributed by atoms with E-state index in [0.717, 1.165) is 0 Å². The SMILES string of the molecule is [2H]O[C@]12C(C([2H])([2H])[2H])(C([2H])([2H])[2H])C(=C(C([2H])([2H])[2H])[C@@]([2H])(OC(=O)[C@]([2H])(O[2H])[C@]([2H])(c3c([2H])c([2H])c([2H])c([2H])c3[2H])N([2H])C(=O)c3c([2H])c([2H])c([2H])c([2H])c3[2H])C1([2H])[2H])[C@@]([2H])(OC(=O)C([2H])([2H])[2H])C(=O)[C@@]1(C([2H])([2H])[2H])[C@]([2H])([C@]2([2H])OC(=O)c2c([2H])c([2H])c([2H])c([2H])c2[2H])[C@]2(OC(=O)C([2H])([2H])[2H])C([2H])([2H])O[C@]2([2H])C([2H])([2H])[C@]1([2H])O[2H]. The van der Waals surface area contributed by atoms with Crippen molar-refractivity contribution in [3.05, 3.63) is 118 Å². The maximum absolute atomic E-state index is 17.7. The van der Waals surface area contributed by atoms with Crippen LogP contribution in [-0.4, -0.2) is 109 Å². The van der Waals surface area contributed by atoms with E-state index in [4.69, 9.17) is 64.6 Å². The van der Waals surface area contributed by atoms with Crippen molar-refractivity contribution in [3.63, 3.8) is 0 Å². The minimum absolute atomic E-state index is 1.43. The topological polar surface area (TPSA) is 221 Å². The first kappa shape index (κ1) is 13.4. The van der Waals surface area contributed by atoms with E-state index < -0.39 is 290 Å². The Labute approximate surface area is 430 Å². The summed E-state index contributed by atoms with van der Waals surface area (Å²) in [5.74, 6) is -29.6. The van der Waals surface area contributed by atoms with Gasteiger partial charge in [0.1, 0.15) is 23.8 Å². The molecule has 3 aromatic rings. The number of Topliss-reactive ketones (excluding diaryl/α,β-unsaturated/α-hetero) is 1. The van der Waals surface area contributed by atoms with E-state index in [0.29, 0.717) is 0 Å². The molecular formula is C47H51NO14. The molecule has 7 rings (SSSR count). The lowest BCUT2D eigenvalue weighted by atomic mass is 9.44. The van der Waals surface area contributed by atoms with Gasteiger partial charge in [0, 0.05) is 69.0 Å². The van der Waals surface area contributed by atoms with Crippen LogP contribution in [0.1, 0.15) is 151 Å². The molecule has 15 nitrogen and oxygen atoms in total. The number of carbonyl (C=O) groups is 6. The molecule has 1 amide bonds. The Hall–Kier alpha value is -5.74. The molecule has 1 saturated heterocycles. The number of rotatable bonds is 13. The van der Waals surface area contributed by atoms with Crippen LogP contribution in [-0.2, 0) is 42.9 Å². The van der Waals surface area contributed by atoms with Crippen LogP contribution in [0.3, 0.4) is 0 Å². The van der Waals surface area contributed by atoms with E-state index in [1.165, 1.54) is 0 Å². The van der Waals surface area contributed by atoms with Gasteiger partial charge in [-0.3, -0.25) is 19.2 Å². The van der Waals surface area contributed by atoms with Crippen molar-refractivity contribution in [2.45, 2.75) is 108 Å². The van der Waals surface area contributed by atoms with Gasteiger partial charge in [0.2, 0.25) is 4.29 Å². The van der Waals surface area contributed by atoms with Crippen LogP contribution in [0.2, 0.25) is 1.41 Å². The Balaban J connectivity index is 2.06. The van der Waals surface area contributed by atoms with Crippen LogP contribution in [0.15, 0.2) is 102 Å². The Kier molecular flexibility index (Phi) is 3.57. The molecule has 2 saturated carbocycles. The molecule has 3 aromatic carbocycles. The molecule has 0 radical (unpaired) electrons. The smallest absolute Gasteiger partial charge is 0.338 e. The lowest BCUT2D eigenvalue weighted by molar-refractivity contribution is -0.346. The zero-order chi connectivity index (χ0) is 88.7. The van der Waals surface area contributed by atoms with Gasteiger partial charge in [-0.15, -0.1) is 0 Å². The van der Waals surface area contributed by atoms with Gasteiger partial charge in [-0.2, -0.15) is 0 Å². The molecule has 4 aliphatic rings. The fraction of sp³-hybridized carbons (Fsp3) is 0.447. The highest BCUT2D eigenvalue weighted by Crippen LogP contribution is 2.64. The summed E-state index contributed by atoms with van der Waals surface area (Å²) in [6.07, 6.45) is -51.7. The molecule has 3 fully saturated rings. The fourth-order valence-electron chi connectivity index (χ4n) is 5.84. The van der Waals surface area contributed by atoms with Crippen molar-refractivity contribution in [3.8, 4) is 0 Å². The second-order valence-electron chi connectivity index (χ2n) is 12.1. The second-order valence-corrected chi connectivity index (χ2v) is 12.1. The van der Waals surface area contributed by atoms with Crippen molar-refractivity contribution in [1.29, 1.82) is 4.29 Å². The predicted molar refractivity (Wildman–Crippen MR) is 218 cm³/mol. The Bertz CT molecular complexity index is 4550. The van der Waals surface area contributed by atoms with Gasteiger partial charge >= 0.3 is 23.9 Å². The van der Waals surface area contributed by atoms with Crippen LogP contribution in [0, 0.1) is 16.7 Å². The van der Waals surface area contributed by atoms with E-state index in [2.05, 4.69) is 10.2 Å². The van der Waals surface area contributed by atoms with Crippen LogP contribution >= 0.6 is 0 Å². The van der Waals surface area contributed by atoms with E-state index >= 15 is 14.4 Å². The number of aliphatic hydroxyl groups is 3. The first-order valence-electron chi connectivity index (χ1n) is 41.2. The summed E-state index contributed by atoms with van der Waals surface area (Å²) in [6.45, 7) is -40.5. The van der Waals surface area contributed by atoms with Crippen molar-refractivity contribution in [2.24, 2.45) is 16.7 Å². The normalized spacial score (nSPS) is 55.5. The summed E-state index contributed by atoms with van der Waals surface area (Å²) in [4.78, 5) is 94.2. The first-order chi connectivity index (χ1) is 50.1. The number of esters is 4.